The molecule has 2 N–H and O–H groups in total. The highest BCUT2D eigenvalue weighted by atomic mass is 35.5. The quantitative estimate of drug-likeness (QED) is 0.599. The Balaban J connectivity index is 1.44. The smallest absolute Gasteiger partial charge is 0.253 e. The summed E-state index contributed by atoms with van der Waals surface area (Å²) < 4.78 is 1.73. The van der Waals surface area contributed by atoms with Gasteiger partial charge in [-0.2, -0.15) is 0 Å². The molecule has 0 aromatic carbocycles. The van der Waals surface area contributed by atoms with Gasteiger partial charge in [-0.25, -0.2) is 15.0 Å². The molecule has 1 aliphatic carbocycles. The van der Waals surface area contributed by atoms with Gasteiger partial charge in [0.15, 0.2) is 0 Å². The fourth-order valence-electron chi connectivity index (χ4n) is 5.37. The van der Waals surface area contributed by atoms with Crippen molar-refractivity contribution in [3.63, 3.8) is 0 Å². The van der Waals surface area contributed by atoms with E-state index in [0.29, 0.717) is 40.2 Å². The Morgan fingerprint density at radius 3 is 2.76 bits per heavy atom. The molecule has 9 heteroatoms. The first kappa shape index (κ1) is 22.3. The lowest BCUT2D eigenvalue weighted by Gasteiger charge is -2.49. The molecule has 3 aromatic heterocycles. The number of nitrogens with zero attached hydrogens (tertiary/aromatic N) is 5. The summed E-state index contributed by atoms with van der Waals surface area (Å²) in [5.74, 6) is 0.313. The molecule has 1 amide bonds. The number of pyridine rings is 1. The van der Waals surface area contributed by atoms with E-state index in [2.05, 4.69) is 37.4 Å². The second-order valence-electron chi connectivity index (χ2n) is 9.22. The van der Waals surface area contributed by atoms with Crippen LogP contribution in [0, 0.1) is 0 Å². The molecule has 0 radical (unpaired) electrons. The fourth-order valence-corrected chi connectivity index (χ4v) is 5.62. The predicted octanol–water partition coefficient (Wildman–Crippen LogP) is 3.20. The molecule has 4 heterocycles. The first-order valence-corrected chi connectivity index (χ1v) is 12.1. The SMILES string of the molecule is C[C@@H]1CN(C2(CNC(=O)c3cn(-c4ncccn4)c4nccc(Cl)c34)CCCCC2)CCN1. The van der Waals surface area contributed by atoms with Gasteiger partial charge in [-0.15, -0.1) is 0 Å². The summed E-state index contributed by atoms with van der Waals surface area (Å²) in [6.45, 7) is 5.88. The minimum absolute atomic E-state index is 0.00717. The van der Waals surface area contributed by atoms with Crippen LogP contribution in [0.25, 0.3) is 17.0 Å². The molecule has 0 unspecified atom stereocenters. The average molecular weight is 468 g/mol. The van der Waals surface area contributed by atoms with Crippen molar-refractivity contribution in [3.05, 3.63) is 47.5 Å². The molecule has 1 saturated carbocycles. The first-order chi connectivity index (χ1) is 16.1. The number of rotatable bonds is 5. The third-order valence-electron chi connectivity index (χ3n) is 7.05. The summed E-state index contributed by atoms with van der Waals surface area (Å²) in [6.07, 6.45) is 12.6. The maximum Gasteiger partial charge on any atom is 0.253 e. The van der Waals surface area contributed by atoms with E-state index in [0.717, 1.165) is 32.5 Å². The van der Waals surface area contributed by atoms with Crippen LogP contribution in [0.4, 0.5) is 0 Å². The van der Waals surface area contributed by atoms with E-state index < -0.39 is 0 Å². The average Bonchev–Trinajstić information content (AvgIpc) is 3.25. The molecule has 1 aliphatic heterocycles. The topological polar surface area (TPSA) is 88.0 Å². The van der Waals surface area contributed by atoms with Crippen LogP contribution in [-0.4, -0.2) is 68.1 Å². The number of halogens is 1. The molecule has 2 fully saturated rings. The van der Waals surface area contributed by atoms with Gasteiger partial charge in [0, 0.05) is 62.5 Å². The van der Waals surface area contributed by atoms with E-state index in [-0.39, 0.29) is 11.4 Å². The van der Waals surface area contributed by atoms with Crippen molar-refractivity contribution in [1.82, 2.24) is 35.1 Å². The summed E-state index contributed by atoms with van der Waals surface area (Å²) in [5.41, 5.74) is 1.07. The third kappa shape index (κ3) is 4.35. The van der Waals surface area contributed by atoms with Crippen LogP contribution < -0.4 is 10.6 Å². The molecule has 2 aliphatic rings. The van der Waals surface area contributed by atoms with Gasteiger partial charge in [0.2, 0.25) is 5.95 Å². The number of hydrogen-bond donors (Lipinski definition) is 2. The lowest BCUT2D eigenvalue weighted by Crippen LogP contribution is -2.63. The minimum atomic E-state index is -0.141. The van der Waals surface area contributed by atoms with E-state index in [1.807, 2.05) is 0 Å². The van der Waals surface area contributed by atoms with Crippen LogP contribution in [-0.2, 0) is 0 Å². The first-order valence-electron chi connectivity index (χ1n) is 11.8. The summed E-state index contributed by atoms with van der Waals surface area (Å²) in [6, 6.07) is 3.92. The lowest BCUT2D eigenvalue weighted by molar-refractivity contribution is 0.0273. The normalized spacial score (nSPS) is 21.2. The van der Waals surface area contributed by atoms with Crippen molar-refractivity contribution in [1.29, 1.82) is 0 Å². The Morgan fingerprint density at radius 2 is 2.00 bits per heavy atom. The van der Waals surface area contributed by atoms with E-state index in [9.17, 15) is 4.79 Å². The Bertz CT molecular complexity index is 1130. The van der Waals surface area contributed by atoms with Crippen LogP contribution in [0.3, 0.4) is 0 Å². The molecular formula is C24H30ClN7O. The predicted molar refractivity (Wildman–Crippen MR) is 129 cm³/mol. The van der Waals surface area contributed by atoms with Gasteiger partial charge >= 0.3 is 0 Å². The Labute approximate surface area is 198 Å². The van der Waals surface area contributed by atoms with Gasteiger partial charge in [-0.05, 0) is 31.9 Å². The van der Waals surface area contributed by atoms with Gasteiger partial charge < -0.3 is 10.6 Å². The van der Waals surface area contributed by atoms with E-state index in [1.165, 1.54) is 19.3 Å². The van der Waals surface area contributed by atoms with Gasteiger partial charge in [0.05, 0.1) is 16.0 Å². The van der Waals surface area contributed by atoms with E-state index in [4.69, 9.17) is 11.6 Å². The van der Waals surface area contributed by atoms with Crippen LogP contribution >= 0.6 is 11.6 Å². The summed E-state index contributed by atoms with van der Waals surface area (Å²) in [4.78, 5) is 29.2. The van der Waals surface area contributed by atoms with Crippen molar-refractivity contribution in [2.75, 3.05) is 26.2 Å². The number of piperazine rings is 1. The van der Waals surface area contributed by atoms with Crippen LogP contribution in [0.1, 0.15) is 49.4 Å². The minimum Gasteiger partial charge on any atom is -0.350 e. The number of carbonyl (C=O) groups is 1. The van der Waals surface area contributed by atoms with Crippen molar-refractivity contribution >= 4 is 28.5 Å². The number of aromatic nitrogens is 4. The van der Waals surface area contributed by atoms with E-state index in [1.54, 1.807) is 41.5 Å². The number of carbonyl (C=O) groups excluding carboxylic acids is 1. The highest BCUT2D eigenvalue weighted by molar-refractivity contribution is 6.36. The van der Waals surface area contributed by atoms with Crippen LogP contribution in [0.2, 0.25) is 5.02 Å². The van der Waals surface area contributed by atoms with Crippen LogP contribution in [0.15, 0.2) is 36.9 Å². The summed E-state index contributed by atoms with van der Waals surface area (Å²) in [7, 11) is 0. The number of hydrogen-bond acceptors (Lipinski definition) is 6. The van der Waals surface area contributed by atoms with Gasteiger partial charge in [-0.3, -0.25) is 14.3 Å². The van der Waals surface area contributed by atoms with E-state index >= 15 is 0 Å². The second-order valence-corrected chi connectivity index (χ2v) is 9.63. The maximum atomic E-state index is 13.5. The Hall–Kier alpha value is -2.55. The molecule has 33 heavy (non-hydrogen) atoms. The molecule has 0 spiro atoms. The lowest BCUT2D eigenvalue weighted by atomic mass is 9.79. The maximum absolute atomic E-state index is 13.5. The van der Waals surface area contributed by atoms with Crippen LogP contribution in [0.5, 0.6) is 0 Å². The highest BCUT2D eigenvalue weighted by Crippen LogP contribution is 2.34. The highest BCUT2D eigenvalue weighted by Gasteiger charge is 2.40. The van der Waals surface area contributed by atoms with Crippen molar-refractivity contribution in [2.45, 2.75) is 50.6 Å². The van der Waals surface area contributed by atoms with Crippen molar-refractivity contribution in [3.8, 4) is 5.95 Å². The molecule has 1 saturated heterocycles. The number of nitrogens with one attached hydrogen (secondary N) is 2. The fraction of sp³-hybridized carbons (Fsp3) is 0.500. The number of fused-ring (bicyclic) bond motifs is 1. The summed E-state index contributed by atoms with van der Waals surface area (Å²) >= 11 is 6.53. The summed E-state index contributed by atoms with van der Waals surface area (Å²) in [5, 5.41) is 7.91. The Kier molecular flexibility index (Phi) is 6.32. The molecule has 3 aromatic rings. The zero-order valence-corrected chi connectivity index (χ0v) is 19.7. The molecule has 174 valence electrons. The monoisotopic (exact) mass is 467 g/mol. The third-order valence-corrected chi connectivity index (χ3v) is 7.36. The van der Waals surface area contributed by atoms with Gasteiger partial charge in [0.25, 0.3) is 5.91 Å². The van der Waals surface area contributed by atoms with Gasteiger partial charge in [-0.1, -0.05) is 30.9 Å². The molecule has 5 rings (SSSR count). The molecule has 1 atom stereocenters. The zero-order chi connectivity index (χ0) is 22.8. The molecule has 0 bridgehead atoms. The second kappa shape index (κ2) is 9.37. The van der Waals surface area contributed by atoms with Crippen molar-refractivity contribution < 1.29 is 4.79 Å². The van der Waals surface area contributed by atoms with Crippen molar-refractivity contribution in [2.24, 2.45) is 0 Å². The molecule has 8 nitrogen and oxygen atoms in total. The zero-order valence-electron chi connectivity index (χ0n) is 18.9. The largest absolute Gasteiger partial charge is 0.350 e. The van der Waals surface area contributed by atoms with Gasteiger partial charge in [0.1, 0.15) is 5.65 Å². The molecular weight excluding hydrogens is 438 g/mol. The number of amides is 1. The Morgan fingerprint density at radius 1 is 1.21 bits per heavy atom. The standard InChI is InChI=1S/C24H30ClN7O/c1-17-14-31(13-12-26-17)24(7-3-2-4-8-24)16-30-22(33)18-15-32(23-28-9-5-10-29-23)21-20(18)19(25)6-11-27-21/h5-6,9-11,15,17,26H,2-4,7-8,12-14,16H2,1H3,(H,30,33)/t17-/m1/s1.